The molecule has 0 saturated carbocycles. The van der Waals surface area contributed by atoms with E-state index in [1.165, 1.54) is 16.9 Å². The third-order valence-corrected chi connectivity index (χ3v) is 4.10. The largest absolute Gasteiger partial charge is 0.505 e. The maximum Gasteiger partial charge on any atom is 0.278 e. The van der Waals surface area contributed by atoms with E-state index in [0.717, 1.165) is 5.56 Å². The van der Waals surface area contributed by atoms with E-state index in [0.29, 0.717) is 22.9 Å². The number of methoxy groups -OCH3 is 1. The number of nitrogens with zero attached hydrogens (tertiary/aromatic N) is 5. The first-order chi connectivity index (χ1) is 14.2. The molecule has 4 aromatic rings. The third kappa shape index (κ3) is 3.74. The van der Waals surface area contributed by atoms with Crippen molar-refractivity contribution in [1.82, 2.24) is 25.0 Å². The first-order valence-electron chi connectivity index (χ1n) is 8.63. The van der Waals surface area contributed by atoms with Gasteiger partial charge in [0.25, 0.3) is 5.91 Å². The molecule has 0 spiro atoms. The highest BCUT2D eigenvalue weighted by molar-refractivity contribution is 6.04. The van der Waals surface area contributed by atoms with Gasteiger partial charge in [-0.15, -0.1) is 5.10 Å². The van der Waals surface area contributed by atoms with Gasteiger partial charge in [-0.1, -0.05) is 17.3 Å². The molecule has 0 saturated heterocycles. The maximum atomic E-state index is 12.4. The lowest BCUT2D eigenvalue weighted by molar-refractivity contribution is 0.101. The first kappa shape index (κ1) is 18.1. The molecule has 0 aliphatic rings. The first-order valence-corrected chi connectivity index (χ1v) is 8.63. The molecule has 0 atom stereocenters. The topological polar surface area (TPSA) is 115 Å². The van der Waals surface area contributed by atoms with Crippen molar-refractivity contribution in [2.24, 2.45) is 0 Å². The minimum absolute atomic E-state index is 0.0499. The van der Waals surface area contributed by atoms with Crippen molar-refractivity contribution in [3.8, 4) is 28.6 Å². The van der Waals surface area contributed by atoms with Crippen LogP contribution in [-0.4, -0.2) is 43.1 Å². The minimum atomic E-state index is -0.512. The summed E-state index contributed by atoms with van der Waals surface area (Å²) in [6.07, 6.45) is 4.80. The van der Waals surface area contributed by atoms with Crippen molar-refractivity contribution >= 4 is 11.6 Å². The number of hydrogen-bond donors (Lipinski definition) is 2. The highest BCUT2D eigenvalue weighted by Crippen LogP contribution is 2.24. The Morgan fingerprint density at radius 2 is 1.93 bits per heavy atom. The monoisotopic (exact) mass is 388 g/mol. The molecule has 4 rings (SSSR count). The molecule has 0 radical (unpaired) electrons. The van der Waals surface area contributed by atoms with Gasteiger partial charge in [-0.25, -0.2) is 9.97 Å². The summed E-state index contributed by atoms with van der Waals surface area (Å²) in [5.74, 6) is 0.388. The molecule has 1 aromatic carbocycles. The standard InChI is InChI=1S/C20H16N6O3/c1-29-17-8-4-10-22-19(17)26-12-15(24-25-26)13-5-2-6-14(11-13)23-20(28)18-16(27)7-3-9-21-18/h2-12,27H,1H3,(H,23,28). The van der Waals surface area contributed by atoms with Crippen LogP contribution in [0.5, 0.6) is 11.5 Å². The zero-order valence-electron chi connectivity index (χ0n) is 15.4. The van der Waals surface area contributed by atoms with E-state index in [-0.39, 0.29) is 11.4 Å². The summed E-state index contributed by atoms with van der Waals surface area (Å²) in [7, 11) is 1.56. The smallest absolute Gasteiger partial charge is 0.278 e. The van der Waals surface area contributed by atoms with Gasteiger partial charge in [-0.2, -0.15) is 4.68 Å². The van der Waals surface area contributed by atoms with Crippen LogP contribution < -0.4 is 10.1 Å². The van der Waals surface area contributed by atoms with Gasteiger partial charge in [0.1, 0.15) is 11.4 Å². The third-order valence-electron chi connectivity index (χ3n) is 4.10. The number of nitrogens with one attached hydrogen (secondary N) is 1. The summed E-state index contributed by atoms with van der Waals surface area (Å²) in [6.45, 7) is 0. The molecular formula is C20H16N6O3. The van der Waals surface area contributed by atoms with Crippen LogP contribution in [0.2, 0.25) is 0 Å². The average molecular weight is 388 g/mol. The van der Waals surface area contributed by atoms with E-state index in [2.05, 4.69) is 25.6 Å². The molecule has 9 nitrogen and oxygen atoms in total. The summed E-state index contributed by atoms with van der Waals surface area (Å²) in [5.41, 5.74) is 1.82. The molecule has 2 N–H and O–H groups in total. The summed E-state index contributed by atoms with van der Waals surface area (Å²) < 4.78 is 6.82. The Hall–Kier alpha value is -4.27. The molecule has 0 aliphatic carbocycles. The lowest BCUT2D eigenvalue weighted by Crippen LogP contribution is -2.13. The second kappa shape index (κ2) is 7.77. The molecule has 9 heteroatoms. The molecule has 29 heavy (non-hydrogen) atoms. The number of carbonyl (C=O) groups is 1. The van der Waals surface area contributed by atoms with E-state index in [1.54, 1.807) is 55.9 Å². The van der Waals surface area contributed by atoms with E-state index in [9.17, 15) is 9.90 Å². The quantitative estimate of drug-likeness (QED) is 0.540. The van der Waals surface area contributed by atoms with E-state index in [1.807, 2.05) is 6.07 Å². The number of ether oxygens (including phenoxy) is 1. The molecule has 0 bridgehead atoms. The normalized spacial score (nSPS) is 10.5. The van der Waals surface area contributed by atoms with Gasteiger partial charge < -0.3 is 15.2 Å². The van der Waals surface area contributed by atoms with Gasteiger partial charge in [-0.3, -0.25) is 4.79 Å². The molecule has 144 valence electrons. The number of rotatable bonds is 5. The number of pyridine rings is 2. The average Bonchev–Trinajstić information content (AvgIpc) is 3.24. The molecule has 0 aliphatic heterocycles. The van der Waals surface area contributed by atoms with Gasteiger partial charge in [-0.05, 0) is 36.4 Å². The number of aromatic hydroxyl groups is 1. The highest BCUT2D eigenvalue weighted by Gasteiger charge is 2.14. The molecule has 3 aromatic heterocycles. The second-order valence-electron chi connectivity index (χ2n) is 5.98. The summed E-state index contributed by atoms with van der Waals surface area (Å²) in [5, 5.41) is 20.8. The molecular weight excluding hydrogens is 372 g/mol. The minimum Gasteiger partial charge on any atom is -0.505 e. The lowest BCUT2D eigenvalue weighted by atomic mass is 10.1. The van der Waals surface area contributed by atoms with E-state index < -0.39 is 5.91 Å². The number of aromatic nitrogens is 5. The molecule has 0 fully saturated rings. The van der Waals surface area contributed by atoms with Crippen LogP contribution in [0.25, 0.3) is 17.1 Å². The predicted molar refractivity (Wildman–Crippen MR) is 105 cm³/mol. The Kier molecular flexibility index (Phi) is 4.85. The predicted octanol–water partition coefficient (Wildman–Crippen LogP) is 2.69. The Morgan fingerprint density at radius 3 is 2.76 bits per heavy atom. The van der Waals surface area contributed by atoms with Crippen LogP contribution in [-0.2, 0) is 0 Å². The van der Waals surface area contributed by atoms with Crippen molar-refractivity contribution < 1.29 is 14.6 Å². The molecule has 3 heterocycles. The lowest BCUT2D eigenvalue weighted by Gasteiger charge is -2.07. The fraction of sp³-hybridized carbons (Fsp3) is 0.0500. The Bertz CT molecular complexity index is 1170. The van der Waals surface area contributed by atoms with Crippen LogP contribution in [0.4, 0.5) is 5.69 Å². The van der Waals surface area contributed by atoms with Crippen molar-refractivity contribution in [2.45, 2.75) is 0 Å². The Labute approximate surface area is 165 Å². The van der Waals surface area contributed by atoms with Crippen molar-refractivity contribution in [3.05, 3.63) is 72.8 Å². The highest BCUT2D eigenvalue weighted by atomic mass is 16.5. The van der Waals surface area contributed by atoms with E-state index >= 15 is 0 Å². The van der Waals surface area contributed by atoms with Crippen LogP contribution in [0.15, 0.2) is 67.1 Å². The molecule has 0 unspecified atom stereocenters. The number of amides is 1. The van der Waals surface area contributed by atoms with Crippen molar-refractivity contribution in [3.63, 3.8) is 0 Å². The van der Waals surface area contributed by atoms with E-state index in [4.69, 9.17) is 4.74 Å². The molecule has 1 amide bonds. The SMILES string of the molecule is COc1cccnc1-n1cc(-c2cccc(NC(=O)c3ncccc3O)c2)nn1. The fourth-order valence-electron chi connectivity index (χ4n) is 2.73. The van der Waals surface area contributed by atoms with Gasteiger partial charge >= 0.3 is 0 Å². The van der Waals surface area contributed by atoms with Gasteiger partial charge in [0, 0.05) is 23.6 Å². The zero-order valence-corrected chi connectivity index (χ0v) is 15.4. The van der Waals surface area contributed by atoms with Crippen LogP contribution >= 0.6 is 0 Å². The van der Waals surface area contributed by atoms with Crippen molar-refractivity contribution in [1.29, 1.82) is 0 Å². The van der Waals surface area contributed by atoms with Gasteiger partial charge in [0.2, 0.25) is 0 Å². The number of carbonyl (C=O) groups excluding carboxylic acids is 1. The van der Waals surface area contributed by atoms with Gasteiger partial charge in [0.05, 0.1) is 13.3 Å². The number of benzene rings is 1. The second-order valence-corrected chi connectivity index (χ2v) is 5.98. The van der Waals surface area contributed by atoms with Crippen LogP contribution in [0, 0.1) is 0 Å². The van der Waals surface area contributed by atoms with Gasteiger partial charge in [0.15, 0.2) is 17.3 Å². The summed E-state index contributed by atoms with van der Waals surface area (Å²) in [6, 6.07) is 13.6. The van der Waals surface area contributed by atoms with Crippen molar-refractivity contribution in [2.75, 3.05) is 12.4 Å². The van der Waals surface area contributed by atoms with Crippen LogP contribution in [0.3, 0.4) is 0 Å². The zero-order chi connectivity index (χ0) is 20.2. The number of hydrogen-bond acceptors (Lipinski definition) is 7. The maximum absolute atomic E-state index is 12.4. The summed E-state index contributed by atoms with van der Waals surface area (Å²) >= 11 is 0. The number of anilines is 1. The Balaban J connectivity index is 1.59. The summed E-state index contributed by atoms with van der Waals surface area (Å²) in [4.78, 5) is 20.5. The fourth-order valence-corrected chi connectivity index (χ4v) is 2.73. The Morgan fingerprint density at radius 1 is 1.10 bits per heavy atom. The van der Waals surface area contributed by atoms with Crippen LogP contribution in [0.1, 0.15) is 10.5 Å².